The van der Waals surface area contributed by atoms with E-state index in [4.69, 9.17) is 4.74 Å². The fourth-order valence-electron chi connectivity index (χ4n) is 3.86. The summed E-state index contributed by atoms with van der Waals surface area (Å²) in [7, 11) is 0. The molecule has 0 aliphatic carbocycles. The van der Waals surface area contributed by atoms with Crippen molar-refractivity contribution < 1.29 is 9.53 Å². The Morgan fingerprint density at radius 1 is 1.21 bits per heavy atom. The Morgan fingerprint density at radius 3 is 2.79 bits per heavy atom. The van der Waals surface area contributed by atoms with Crippen molar-refractivity contribution in [2.75, 3.05) is 26.2 Å². The van der Waals surface area contributed by atoms with Crippen molar-refractivity contribution >= 4 is 28.0 Å². The maximum Gasteiger partial charge on any atom is 0.223 e. The molecule has 0 bridgehead atoms. The first-order chi connectivity index (χ1) is 14.2. The zero-order valence-corrected chi connectivity index (χ0v) is 17.6. The zero-order valence-electron chi connectivity index (χ0n) is 16.8. The van der Waals surface area contributed by atoms with Crippen LogP contribution in [0.3, 0.4) is 0 Å². The molecule has 1 amide bonds. The van der Waals surface area contributed by atoms with Gasteiger partial charge in [-0.25, -0.2) is 4.98 Å². The molecule has 0 unspecified atom stereocenters. The molecule has 3 aromatic rings. The van der Waals surface area contributed by atoms with E-state index in [9.17, 15) is 4.79 Å². The number of piperidine rings is 1. The van der Waals surface area contributed by atoms with Crippen LogP contribution in [-0.2, 0) is 11.3 Å². The molecular formula is C23H27N3O2S. The maximum atomic E-state index is 12.5. The van der Waals surface area contributed by atoms with Gasteiger partial charge in [0.2, 0.25) is 5.91 Å². The highest BCUT2D eigenvalue weighted by atomic mass is 32.1. The van der Waals surface area contributed by atoms with Crippen LogP contribution in [-0.4, -0.2) is 42.0 Å². The molecule has 29 heavy (non-hydrogen) atoms. The first-order valence-corrected chi connectivity index (χ1v) is 11.1. The first-order valence-electron chi connectivity index (χ1n) is 10.2. The number of fused-ring (bicyclic) bond motifs is 1. The van der Waals surface area contributed by atoms with Crippen molar-refractivity contribution in [3.05, 3.63) is 58.5 Å². The van der Waals surface area contributed by atoms with Gasteiger partial charge in [-0.2, -0.15) is 0 Å². The number of nitrogens with zero attached hydrogens (tertiary/aromatic N) is 2. The summed E-state index contributed by atoms with van der Waals surface area (Å²) in [6.07, 6.45) is 1.80. The fourth-order valence-corrected chi connectivity index (χ4v) is 4.47. The highest BCUT2D eigenvalue weighted by Gasteiger charge is 2.25. The van der Waals surface area contributed by atoms with Crippen LogP contribution in [0, 0.1) is 12.8 Å². The lowest BCUT2D eigenvalue weighted by atomic mass is 9.96. The second kappa shape index (κ2) is 9.37. The summed E-state index contributed by atoms with van der Waals surface area (Å²) >= 11 is 1.69. The third-order valence-electron chi connectivity index (χ3n) is 5.42. The molecule has 1 aromatic heterocycles. The summed E-state index contributed by atoms with van der Waals surface area (Å²) in [5, 5.41) is 8.55. The predicted octanol–water partition coefficient (Wildman–Crippen LogP) is 4.01. The molecule has 1 N–H and O–H groups in total. The fraction of sp³-hybridized carbons (Fsp3) is 0.391. The van der Waals surface area contributed by atoms with E-state index < -0.39 is 0 Å². The Labute approximate surface area is 175 Å². The van der Waals surface area contributed by atoms with Crippen molar-refractivity contribution in [3.63, 3.8) is 0 Å². The van der Waals surface area contributed by atoms with E-state index >= 15 is 0 Å². The monoisotopic (exact) mass is 409 g/mol. The summed E-state index contributed by atoms with van der Waals surface area (Å²) in [6, 6.07) is 14.2. The largest absolute Gasteiger partial charge is 0.491 e. The van der Waals surface area contributed by atoms with E-state index in [0.717, 1.165) is 59.7 Å². The number of nitrogens with one attached hydrogen (secondary N) is 1. The van der Waals surface area contributed by atoms with E-state index in [1.807, 2.05) is 31.2 Å². The normalized spacial score (nSPS) is 15.5. The Morgan fingerprint density at radius 2 is 2.00 bits per heavy atom. The number of rotatable bonds is 7. The average Bonchev–Trinajstić information content (AvgIpc) is 3.16. The number of carbonyl (C=O) groups is 1. The lowest BCUT2D eigenvalue weighted by molar-refractivity contribution is -0.126. The molecule has 2 aromatic carbocycles. The van der Waals surface area contributed by atoms with Crippen molar-refractivity contribution in [1.82, 2.24) is 15.2 Å². The third kappa shape index (κ3) is 5.14. The minimum absolute atomic E-state index is 0.0981. The van der Waals surface area contributed by atoms with Gasteiger partial charge >= 0.3 is 0 Å². The lowest BCUT2D eigenvalue weighted by Gasteiger charge is -2.30. The van der Waals surface area contributed by atoms with E-state index in [-0.39, 0.29) is 11.8 Å². The Balaban J connectivity index is 1.18. The minimum Gasteiger partial charge on any atom is -0.491 e. The van der Waals surface area contributed by atoms with E-state index in [1.165, 1.54) is 0 Å². The van der Waals surface area contributed by atoms with Crippen LogP contribution in [0.4, 0.5) is 0 Å². The molecule has 4 rings (SSSR count). The number of thiazole rings is 1. The van der Waals surface area contributed by atoms with Gasteiger partial charge < -0.3 is 10.1 Å². The number of ether oxygens (including phenoxy) is 1. The Hall–Kier alpha value is -2.44. The molecule has 0 spiro atoms. The number of carbonyl (C=O) groups excluding carboxylic acids is 1. The van der Waals surface area contributed by atoms with Gasteiger partial charge in [0.1, 0.15) is 12.4 Å². The van der Waals surface area contributed by atoms with Crippen LogP contribution in [0.15, 0.2) is 47.8 Å². The molecule has 1 aliphatic rings. The summed E-state index contributed by atoms with van der Waals surface area (Å²) in [6.45, 7) is 5.82. The molecule has 1 saturated heterocycles. The second-order valence-corrected chi connectivity index (χ2v) is 8.59. The Kier molecular flexibility index (Phi) is 6.42. The predicted molar refractivity (Wildman–Crippen MR) is 117 cm³/mol. The van der Waals surface area contributed by atoms with Crippen molar-refractivity contribution in [2.45, 2.75) is 26.3 Å². The molecule has 0 radical (unpaired) electrons. The summed E-state index contributed by atoms with van der Waals surface area (Å²) in [5.41, 5.74) is 1.14. The van der Waals surface area contributed by atoms with E-state index in [0.29, 0.717) is 13.2 Å². The molecule has 1 aliphatic heterocycles. The number of benzene rings is 2. The van der Waals surface area contributed by atoms with Crippen molar-refractivity contribution in [2.24, 2.45) is 5.92 Å². The van der Waals surface area contributed by atoms with Gasteiger partial charge in [-0.3, -0.25) is 9.69 Å². The van der Waals surface area contributed by atoms with Crippen LogP contribution < -0.4 is 10.1 Å². The number of amides is 1. The van der Waals surface area contributed by atoms with Gasteiger partial charge in [-0.1, -0.05) is 36.4 Å². The number of hydrogen-bond donors (Lipinski definition) is 1. The minimum atomic E-state index is 0.0981. The van der Waals surface area contributed by atoms with Crippen molar-refractivity contribution in [1.29, 1.82) is 0 Å². The zero-order chi connectivity index (χ0) is 20.1. The van der Waals surface area contributed by atoms with Gasteiger partial charge in [-0.05, 0) is 44.3 Å². The van der Waals surface area contributed by atoms with E-state index in [2.05, 4.69) is 38.8 Å². The molecule has 0 saturated carbocycles. The number of aryl methyl sites for hydroxylation is 1. The van der Waals surface area contributed by atoms with Crippen LogP contribution in [0.5, 0.6) is 5.75 Å². The molecule has 2 heterocycles. The standard InChI is InChI=1S/C23H27N3O2S/c1-17-25-20(16-29-17)15-26-12-9-19(10-13-26)23(27)24-11-14-28-22-8-4-6-18-5-2-3-7-21(18)22/h2-8,16,19H,9-15H2,1H3,(H,24,27). The summed E-state index contributed by atoms with van der Waals surface area (Å²) < 4.78 is 5.91. The van der Waals surface area contributed by atoms with Gasteiger partial charge in [0, 0.05) is 23.2 Å². The molecule has 0 atom stereocenters. The second-order valence-electron chi connectivity index (χ2n) is 7.53. The quantitative estimate of drug-likeness (QED) is 0.599. The molecule has 1 fully saturated rings. The van der Waals surface area contributed by atoms with Crippen LogP contribution >= 0.6 is 11.3 Å². The van der Waals surface area contributed by atoms with Crippen molar-refractivity contribution in [3.8, 4) is 5.75 Å². The highest BCUT2D eigenvalue weighted by molar-refractivity contribution is 7.09. The highest BCUT2D eigenvalue weighted by Crippen LogP contribution is 2.25. The Bertz CT molecular complexity index is 958. The third-order valence-corrected chi connectivity index (χ3v) is 6.24. The van der Waals surface area contributed by atoms with Gasteiger partial charge in [-0.15, -0.1) is 11.3 Å². The number of likely N-dealkylation sites (tertiary alicyclic amines) is 1. The van der Waals surface area contributed by atoms with Gasteiger partial charge in [0.25, 0.3) is 0 Å². The maximum absolute atomic E-state index is 12.5. The average molecular weight is 410 g/mol. The molecular weight excluding hydrogens is 382 g/mol. The van der Waals surface area contributed by atoms with Crippen LogP contribution in [0.1, 0.15) is 23.5 Å². The molecule has 5 nitrogen and oxygen atoms in total. The SMILES string of the molecule is Cc1nc(CN2CCC(C(=O)NCCOc3cccc4ccccc34)CC2)cs1. The van der Waals surface area contributed by atoms with Gasteiger partial charge in [0.05, 0.1) is 17.2 Å². The topological polar surface area (TPSA) is 54.5 Å². The van der Waals surface area contributed by atoms with Crippen LogP contribution in [0.2, 0.25) is 0 Å². The summed E-state index contributed by atoms with van der Waals surface area (Å²) in [5.74, 6) is 1.11. The van der Waals surface area contributed by atoms with E-state index in [1.54, 1.807) is 11.3 Å². The lowest BCUT2D eigenvalue weighted by Crippen LogP contribution is -2.41. The smallest absolute Gasteiger partial charge is 0.223 e. The summed E-state index contributed by atoms with van der Waals surface area (Å²) in [4.78, 5) is 19.4. The first kappa shape index (κ1) is 19.9. The number of aromatic nitrogens is 1. The van der Waals surface area contributed by atoms with Crippen LogP contribution in [0.25, 0.3) is 10.8 Å². The molecule has 6 heteroatoms. The number of hydrogen-bond acceptors (Lipinski definition) is 5. The molecule has 152 valence electrons. The van der Waals surface area contributed by atoms with Gasteiger partial charge in [0.15, 0.2) is 0 Å².